The zero-order valence-electron chi connectivity index (χ0n) is 13.5. The number of rotatable bonds is 2. The molecule has 1 aliphatic heterocycles. The van der Waals surface area contributed by atoms with Crippen molar-refractivity contribution in [2.45, 2.75) is 43.9 Å². The van der Waals surface area contributed by atoms with Gasteiger partial charge >= 0.3 is 5.97 Å². The highest BCUT2D eigenvalue weighted by atomic mass is 35.5. The summed E-state index contributed by atoms with van der Waals surface area (Å²) in [5.74, 6) is -0.756. The highest BCUT2D eigenvalue weighted by Gasteiger charge is 2.66. The summed E-state index contributed by atoms with van der Waals surface area (Å²) in [6.45, 7) is 5.92. The maximum absolute atomic E-state index is 13.0. The molecule has 1 aromatic rings. The van der Waals surface area contributed by atoms with Crippen LogP contribution in [0.3, 0.4) is 0 Å². The van der Waals surface area contributed by atoms with Crippen molar-refractivity contribution in [1.29, 1.82) is 0 Å². The van der Waals surface area contributed by atoms with Gasteiger partial charge < -0.3 is 10.1 Å². The first-order valence-electron chi connectivity index (χ1n) is 7.79. The molecule has 0 bridgehead atoms. The number of carbonyl (C=O) groups is 2. The van der Waals surface area contributed by atoms with Gasteiger partial charge in [0.1, 0.15) is 5.41 Å². The van der Waals surface area contributed by atoms with Crippen LogP contribution in [0.15, 0.2) is 35.4 Å². The molecular formula is C18H20ClNO3. The van der Waals surface area contributed by atoms with Gasteiger partial charge in [-0.1, -0.05) is 29.3 Å². The van der Waals surface area contributed by atoms with Gasteiger partial charge in [0.2, 0.25) is 5.91 Å². The van der Waals surface area contributed by atoms with Crippen LogP contribution in [0.2, 0.25) is 0 Å². The monoisotopic (exact) mass is 333 g/mol. The fourth-order valence-electron chi connectivity index (χ4n) is 3.73. The normalized spacial score (nSPS) is 29.5. The van der Waals surface area contributed by atoms with Crippen LogP contribution in [0, 0.1) is 0 Å². The Morgan fingerprint density at radius 1 is 1.26 bits per heavy atom. The summed E-state index contributed by atoms with van der Waals surface area (Å²) >= 11 is 6.88. The Balaban J connectivity index is 2.26. The summed E-state index contributed by atoms with van der Waals surface area (Å²) < 4.78 is 5.24. The topological polar surface area (TPSA) is 55.4 Å². The summed E-state index contributed by atoms with van der Waals surface area (Å²) in [5.41, 5.74) is 2.51. The van der Waals surface area contributed by atoms with E-state index in [0.29, 0.717) is 12.8 Å². The van der Waals surface area contributed by atoms with Gasteiger partial charge in [0.05, 0.1) is 6.61 Å². The molecule has 5 heteroatoms. The number of esters is 1. The molecule has 1 amide bonds. The van der Waals surface area contributed by atoms with Crippen LogP contribution in [-0.4, -0.2) is 23.4 Å². The van der Waals surface area contributed by atoms with Crippen LogP contribution in [0.1, 0.15) is 39.2 Å². The van der Waals surface area contributed by atoms with Crippen LogP contribution in [-0.2, 0) is 19.7 Å². The summed E-state index contributed by atoms with van der Waals surface area (Å²) in [6.07, 6.45) is 0.727. The molecule has 2 aliphatic rings. The summed E-state index contributed by atoms with van der Waals surface area (Å²) in [4.78, 5) is 24.3. The number of ether oxygens (including phenoxy) is 1. The molecule has 0 radical (unpaired) electrons. The first-order valence-corrected chi connectivity index (χ1v) is 8.17. The standard InChI is InChI=1S/C18H20ClNO3/c1-4-23-16(22)18(19)10-12(3)11(2)9-17(18)13-7-5-6-8-14(13)20-15(17)21/h5-8H,4,9-10H2,1-3H3,(H,20,21)/t17-,18-/m0/s1. The second kappa shape index (κ2) is 5.38. The van der Waals surface area contributed by atoms with Crippen LogP contribution in [0.5, 0.6) is 0 Å². The molecule has 1 aromatic carbocycles. The number of para-hydroxylation sites is 1. The van der Waals surface area contributed by atoms with E-state index in [1.165, 1.54) is 0 Å². The fraction of sp³-hybridized carbons (Fsp3) is 0.444. The van der Waals surface area contributed by atoms with Gasteiger partial charge in [0, 0.05) is 5.69 Å². The number of fused-ring (bicyclic) bond motifs is 2. The molecule has 1 spiro atoms. The molecule has 0 unspecified atom stereocenters. The fourth-order valence-corrected chi connectivity index (χ4v) is 4.24. The van der Waals surface area contributed by atoms with Crippen molar-refractivity contribution in [3.8, 4) is 0 Å². The van der Waals surface area contributed by atoms with Crippen molar-refractivity contribution >= 4 is 29.2 Å². The van der Waals surface area contributed by atoms with Crippen molar-refractivity contribution in [3.63, 3.8) is 0 Å². The third-order valence-corrected chi connectivity index (χ3v) is 5.68. The number of hydrogen-bond acceptors (Lipinski definition) is 3. The summed E-state index contributed by atoms with van der Waals surface area (Å²) in [7, 11) is 0. The lowest BCUT2D eigenvalue weighted by molar-refractivity contribution is -0.151. The maximum Gasteiger partial charge on any atom is 0.329 e. The lowest BCUT2D eigenvalue weighted by Crippen LogP contribution is -2.59. The highest BCUT2D eigenvalue weighted by Crippen LogP contribution is 2.57. The summed E-state index contributed by atoms with van der Waals surface area (Å²) in [5, 5.41) is 2.89. The number of allylic oxidation sites excluding steroid dienone is 2. The average Bonchev–Trinajstić information content (AvgIpc) is 2.79. The molecule has 2 atom stereocenters. The first kappa shape index (κ1) is 16.1. The number of amides is 1. The van der Waals surface area contributed by atoms with Crippen molar-refractivity contribution in [1.82, 2.24) is 0 Å². The van der Waals surface area contributed by atoms with E-state index >= 15 is 0 Å². The number of nitrogens with one attached hydrogen (secondary N) is 1. The van der Waals surface area contributed by atoms with E-state index < -0.39 is 16.3 Å². The third kappa shape index (κ3) is 2.04. The van der Waals surface area contributed by atoms with Gasteiger partial charge in [-0.2, -0.15) is 0 Å². The lowest BCUT2D eigenvalue weighted by atomic mass is 9.61. The largest absolute Gasteiger partial charge is 0.465 e. The molecule has 23 heavy (non-hydrogen) atoms. The van der Waals surface area contributed by atoms with Crippen LogP contribution in [0.25, 0.3) is 0 Å². The van der Waals surface area contributed by atoms with E-state index in [-0.39, 0.29) is 12.5 Å². The predicted octanol–water partition coefficient (Wildman–Crippen LogP) is 3.55. The Morgan fingerprint density at radius 3 is 2.61 bits per heavy atom. The van der Waals surface area contributed by atoms with E-state index in [1.54, 1.807) is 6.92 Å². The Hall–Kier alpha value is -1.81. The number of hydrogen-bond donors (Lipinski definition) is 1. The van der Waals surface area contributed by atoms with Gasteiger partial charge in [0.15, 0.2) is 4.87 Å². The number of anilines is 1. The first-order chi connectivity index (χ1) is 10.9. The van der Waals surface area contributed by atoms with Crippen molar-refractivity contribution < 1.29 is 14.3 Å². The Labute approximate surface area is 140 Å². The van der Waals surface area contributed by atoms with Gasteiger partial charge in [-0.15, -0.1) is 11.6 Å². The van der Waals surface area contributed by atoms with E-state index in [9.17, 15) is 9.59 Å². The smallest absolute Gasteiger partial charge is 0.329 e. The quantitative estimate of drug-likeness (QED) is 0.511. The molecule has 3 rings (SSSR count). The Kier molecular flexibility index (Phi) is 3.75. The number of halogens is 1. The minimum atomic E-state index is -1.43. The number of alkyl halides is 1. The van der Waals surface area contributed by atoms with Gasteiger partial charge in [-0.05, 0) is 45.2 Å². The molecule has 1 aliphatic carbocycles. The zero-order chi connectivity index (χ0) is 16.8. The number of carbonyl (C=O) groups excluding carboxylic acids is 2. The van der Waals surface area contributed by atoms with E-state index in [4.69, 9.17) is 16.3 Å². The van der Waals surface area contributed by atoms with Crippen molar-refractivity contribution in [2.24, 2.45) is 0 Å². The predicted molar refractivity (Wildman–Crippen MR) is 89.6 cm³/mol. The molecule has 0 fully saturated rings. The molecule has 4 nitrogen and oxygen atoms in total. The Bertz CT molecular complexity index is 727. The molecular weight excluding hydrogens is 314 g/mol. The number of benzene rings is 1. The molecule has 1 heterocycles. The minimum Gasteiger partial charge on any atom is -0.465 e. The SMILES string of the molecule is CCOC(=O)[C@@]1(Cl)CC(C)=C(C)C[C@]12C(=O)Nc1ccccc12. The average molecular weight is 334 g/mol. The second-order valence-electron chi connectivity index (χ2n) is 6.34. The molecule has 0 saturated heterocycles. The second-order valence-corrected chi connectivity index (χ2v) is 6.99. The minimum absolute atomic E-state index is 0.228. The van der Waals surface area contributed by atoms with Crippen molar-refractivity contribution in [3.05, 3.63) is 41.0 Å². The van der Waals surface area contributed by atoms with E-state index in [1.807, 2.05) is 38.1 Å². The van der Waals surface area contributed by atoms with Gasteiger partial charge in [0.25, 0.3) is 0 Å². The third-order valence-electron chi connectivity index (χ3n) is 5.07. The van der Waals surface area contributed by atoms with E-state index in [2.05, 4.69) is 5.32 Å². The molecule has 122 valence electrons. The highest BCUT2D eigenvalue weighted by molar-refractivity contribution is 6.38. The molecule has 0 aromatic heterocycles. The van der Waals surface area contributed by atoms with Crippen LogP contribution >= 0.6 is 11.6 Å². The van der Waals surface area contributed by atoms with Gasteiger partial charge in [-0.3, -0.25) is 9.59 Å². The maximum atomic E-state index is 13.0. The van der Waals surface area contributed by atoms with Crippen molar-refractivity contribution in [2.75, 3.05) is 11.9 Å². The van der Waals surface area contributed by atoms with Crippen LogP contribution < -0.4 is 5.32 Å². The lowest BCUT2D eigenvalue weighted by Gasteiger charge is -2.45. The van der Waals surface area contributed by atoms with Gasteiger partial charge in [-0.25, -0.2) is 0 Å². The molecule has 0 saturated carbocycles. The molecule has 1 N–H and O–H groups in total. The van der Waals surface area contributed by atoms with E-state index in [0.717, 1.165) is 22.4 Å². The summed E-state index contributed by atoms with van der Waals surface area (Å²) in [6, 6.07) is 7.43. The Morgan fingerprint density at radius 2 is 1.91 bits per heavy atom. The zero-order valence-corrected chi connectivity index (χ0v) is 14.3. The van der Waals surface area contributed by atoms with Crippen LogP contribution in [0.4, 0.5) is 5.69 Å².